The van der Waals surface area contributed by atoms with Crippen LogP contribution in [0.5, 0.6) is 0 Å². The maximum atomic E-state index is 11.6. The number of pyridine rings is 1. The molecule has 0 atom stereocenters. The van der Waals surface area contributed by atoms with Gasteiger partial charge in [-0.3, -0.25) is 9.59 Å². The molecular formula is C12H21N3O2. The molecule has 0 aliphatic rings. The Morgan fingerprint density at radius 1 is 1.41 bits per heavy atom. The van der Waals surface area contributed by atoms with Crippen LogP contribution in [0.3, 0.4) is 0 Å². The fraction of sp³-hybridized carbons (Fsp3) is 0.500. The van der Waals surface area contributed by atoms with Gasteiger partial charge in [0.2, 0.25) is 5.91 Å². The van der Waals surface area contributed by atoms with Crippen LogP contribution in [0.1, 0.15) is 32.0 Å². The Bertz CT molecular complexity index is 424. The van der Waals surface area contributed by atoms with E-state index in [2.05, 4.69) is 15.6 Å². The van der Waals surface area contributed by atoms with Crippen LogP contribution in [0.25, 0.3) is 0 Å². The van der Waals surface area contributed by atoms with Gasteiger partial charge in [0.05, 0.1) is 12.1 Å². The van der Waals surface area contributed by atoms with Crippen molar-refractivity contribution in [2.45, 2.75) is 34.2 Å². The monoisotopic (exact) mass is 239 g/mol. The highest BCUT2D eigenvalue weighted by Crippen LogP contribution is 2.07. The van der Waals surface area contributed by atoms with Gasteiger partial charge in [0.15, 0.2) is 5.43 Å². The van der Waals surface area contributed by atoms with E-state index in [1.165, 1.54) is 13.0 Å². The lowest BCUT2D eigenvalue weighted by molar-refractivity contribution is -0.119. The van der Waals surface area contributed by atoms with Crippen molar-refractivity contribution in [3.63, 3.8) is 0 Å². The summed E-state index contributed by atoms with van der Waals surface area (Å²) in [6.45, 7) is 7.47. The van der Waals surface area contributed by atoms with E-state index >= 15 is 0 Å². The van der Waals surface area contributed by atoms with Crippen LogP contribution in [-0.4, -0.2) is 17.9 Å². The SMILES string of the molecule is CC.CNc1[nH]c(C)cc(=O)c1CNC(C)=O. The third kappa shape index (κ3) is 4.72. The molecule has 0 saturated heterocycles. The summed E-state index contributed by atoms with van der Waals surface area (Å²) in [5, 5.41) is 5.49. The summed E-state index contributed by atoms with van der Waals surface area (Å²) >= 11 is 0. The second-order valence-corrected chi connectivity index (χ2v) is 3.33. The van der Waals surface area contributed by atoms with Gasteiger partial charge in [0.1, 0.15) is 5.82 Å². The maximum Gasteiger partial charge on any atom is 0.217 e. The number of carbonyl (C=O) groups is 1. The molecule has 0 spiro atoms. The Labute approximate surface area is 102 Å². The molecule has 5 heteroatoms. The molecule has 0 fully saturated rings. The topological polar surface area (TPSA) is 74.0 Å². The smallest absolute Gasteiger partial charge is 0.217 e. The zero-order chi connectivity index (χ0) is 13.4. The van der Waals surface area contributed by atoms with Crippen LogP contribution in [0, 0.1) is 6.92 Å². The van der Waals surface area contributed by atoms with E-state index in [0.29, 0.717) is 11.4 Å². The predicted molar refractivity (Wildman–Crippen MR) is 70.2 cm³/mol. The second-order valence-electron chi connectivity index (χ2n) is 3.33. The Morgan fingerprint density at radius 3 is 2.47 bits per heavy atom. The summed E-state index contributed by atoms with van der Waals surface area (Å²) in [6.07, 6.45) is 0. The van der Waals surface area contributed by atoms with E-state index in [1.807, 2.05) is 20.8 Å². The summed E-state index contributed by atoms with van der Waals surface area (Å²) in [7, 11) is 1.72. The molecule has 1 amide bonds. The van der Waals surface area contributed by atoms with Gasteiger partial charge in [-0.15, -0.1) is 0 Å². The van der Waals surface area contributed by atoms with E-state index in [9.17, 15) is 9.59 Å². The van der Waals surface area contributed by atoms with Gasteiger partial charge >= 0.3 is 0 Å². The Balaban J connectivity index is 0.00000121. The summed E-state index contributed by atoms with van der Waals surface area (Å²) in [4.78, 5) is 25.4. The van der Waals surface area contributed by atoms with Crippen LogP contribution in [0.15, 0.2) is 10.9 Å². The molecule has 0 aliphatic heterocycles. The second kappa shape index (κ2) is 7.49. The lowest BCUT2D eigenvalue weighted by atomic mass is 10.2. The normalized spacial score (nSPS) is 9.00. The molecule has 0 unspecified atom stereocenters. The lowest BCUT2D eigenvalue weighted by Gasteiger charge is -2.09. The molecule has 0 aliphatic carbocycles. The van der Waals surface area contributed by atoms with E-state index in [0.717, 1.165) is 5.69 Å². The van der Waals surface area contributed by atoms with Crippen LogP contribution in [0.4, 0.5) is 5.82 Å². The first-order chi connectivity index (χ1) is 8.04. The van der Waals surface area contributed by atoms with Crippen molar-refractivity contribution in [1.29, 1.82) is 0 Å². The van der Waals surface area contributed by atoms with Crippen molar-refractivity contribution in [2.24, 2.45) is 0 Å². The zero-order valence-corrected chi connectivity index (χ0v) is 11.1. The number of aryl methyl sites for hydroxylation is 1. The summed E-state index contributed by atoms with van der Waals surface area (Å²) in [5.74, 6) is 0.491. The summed E-state index contributed by atoms with van der Waals surface area (Å²) in [5.41, 5.74) is 1.25. The number of anilines is 1. The van der Waals surface area contributed by atoms with Crippen LogP contribution in [0.2, 0.25) is 0 Å². The number of amides is 1. The van der Waals surface area contributed by atoms with Crippen molar-refractivity contribution in [2.75, 3.05) is 12.4 Å². The minimum atomic E-state index is -0.156. The quantitative estimate of drug-likeness (QED) is 0.746. The molecule has 5 nitrogen and oxygen atoms in total. The van der Waals surface area contributed by atoms with Gasteiger partial charge < -0.3 is 15.6 Å². The highest BCUT2D eigenvalue weighted by atomic mass is 16.1. The molecule has 1 aromatic heterocycles. The van der Waals surface area contributed by atoms with E-state index in [-0.39, 0.29) is 17.9 Å². The molecule has 1 aromatic rings. The van der Waals surface area contributed by atoms with Crippen LogP contribution in [-0.2, 0) is 11.3 Å². The first-order valence-corrected chi connectivity index (χ1v) is 5.69. The first-order valence-electron chi connectivity index (χ1n) is 5.69. The molecular weight excluding hydrogens is 218 g/mol. The standard InChI is InChI=1S/C10H15N3O2.C2H6/c1-6-4-9(15)8(5-12-7(2)14)10(11-3)13-6;1-2/h4H,5H2,1-3H3,(H,12,14)(H2,11,13,15);1-2H3. The van der Waals surface area contributed by atoms with E-state index < -0.39 is 0 Å². The van der Waals surface area contributed by atoms with Crippen LogP contribution < -0.4 is 16.1 Å². The number of hydrogen-bond acceptors (Lipinski definition) is 3. The highest BCUT2D eigenvalue weighted by Gasteiger charge is 2.07. The molecule has 0 saturated carbocycles. The molecule has 17 heavy (non-hydrogen) atoms. The minimum Gasteiger partial charge on any atom is -0.374 e. The molecule has 1 rings (SSSR count). The maximum absolute atomic E-state index is 11.6. The molecule has 0 bridgehead atoms. The number of H-pyrrole nitrogens is 1. The van der Waals surface area contributed by atoms with Crippen molar-refractivity contribution in [3.8, 4) is 0 Å². The first kappa shape index (κ1) is 15.2. The average Bonchev–Trinajstić information content (AvgIpc) is 2.29. The van der Waals surface area contributed by atoms with Crippen LogP contribution >= 0.6 is 0 Å². The largest absolute Gasteiger partial charge is 0.374 e. The molecule has 0 radical (unpaired) electrons. The van der Waals surface area contributed by atoms with E-state index in [4.69, 9.17) is 0 Å². The van der Waals surface area contributed by atoms with Gasteiger partial charge in [-0.1, -0.05) is 13.8 Å². The lowest BCUT2D eigenvalue weighted by Crippen LogP contribution is -2.25. The van der Waals surface area contributed by atoms with Gasteiger partial charge in [0, 0.05) is 25.7 Å². The van der Waals surface area contributed by atoms with Crippen molar-refractivity contribution in [1.82, 2.24) is 10.3 Å². The number of aromatic amines is 1. The molecule has 96 valence electrons. The number of aromatic nitrogens is 1. The number of carbonyl (C=O) groups excluding carboxylic acids is 1. The van der Waals surface area contributed by atoms with Gasteiger partial charge in [-0.25, -0.2) is 0 Å². The third-order valence-electron chi connectivity index (χ3n) is 2.03. The fourth-order valence-corrected chi connectivity index (χ4v) is 1.32. The fourth-order valence-electron chi connectivity index (χ4n) is 1.32. The average molecular weight is 239 g/mol. The summed E-state index contributed by atoms with van der Waals surface area (Å²) < 4.78 is 0. The number of rotatable bonds is 3. The Hall–Kier alpha value is -1.78. The molecule has 3 N–H and O–H groups in total. The summed E-state index contributed by atoms with van der Waals surface area (Å²) in [6, 6.07) is 1.51. The molecule has 1 heterocycles. The Kier molecular flexibility index (Phi) is 6.70. The minimum absolute atomic E-state index is 0.0793. The number of nitrogens with one attached hydrogen (secondary N) is 3. The van der Waals surface area contributed by atoms with Crippen molar-refractivity contribution < 1.29 is 4.79 Å². The van der Waals surface area contributed by atoms with Gasteiger partial charge in [-0.05, 0) is 6.92 Å². The van der Waals surface area contributed by atoms with E-state index in [1.54, 1.807) is 7.05 Å². The van der Waals surface area contributed by atoms with Gasteiger partial charge in [0.25, 0.3) is 0 Å². The Morgan fingerprint density at radius 2 is 2.00 bits per heavy atom. The van der Waals surface area contributed by atoms with Gasteiger partial charge in [-0.2, -0.15) is 0 Å². The predicted octanol–water partition coefficient (Wildman–Crippen LogP) is 1.39. The zero-order valence-electron chi connectivity index (χ0n) is 11.1. The van der Waals surface area contributed by atoms with Crippen molar-refractivity contribution in [3.05, 3.63) is 27.5 Å². The third-order valence-corrected chi connectivity index (χ3v) is 2.03. The number of hydrogen-bond donors (Lipinski definition) is 3. The molecule has 0 aromatic carbocycles. The van der Waals surface area contributed by atoms with Crippen molar-refractivity contribution >= 4 is 11.7 Å². The highest BCUT2D eigenvalue weighted by molar-refractivity contribution is 5.73.